The van der Waals surface area contributed by atoms with Crippen molar-refractivity contribution < 1.29 is 4.39 Å². The first-order chi connectivity index (χ1) is 13.6. The molecule has 0 atom stereocenters. The van der Waals surface area contributed by atoms with Crippen LogP contribution in [0.4, 0.5) is 10.1 Å². The van der Waals surface area contributed by atoms with Crippen LogP contribution >= 0.6 is 11.3 Å². The van der Waals surface area contributed by atoms with Crippen molar-refractivity contribution in [2.24, 2.45) is 7.05 Å². The Morgan fingerprint density at radius 2 is 1.89 bits per heavy atom. The molecule has 1 aliphatic heterocycles. The molecule has 7 nitrogen and oxygen atoms in total. The number of thiophene rings is 1. The van der Waals surface area contributed by atoms with Gasteiger partial charge in [-0.25, -0.2) is 4.39 Å². The molecule has 0 N–H and O–H groups in total. The summed E-state index contributed by atoms with van der Waals surface area (Å²) in [5, 5.41) is 10.5. The van der Waals surface area contributed by atoms with E-state index in [1.54, 1.807) is 17.7 Å². The van der Waals surface area contributed by atoms with Crippen LogP contribution in [0.1, 0.15) is 5.82 Å². The van der Waals surface area contributed by atoms with Crippen LogP contribution in [-0.4, -0.2) is 50.2 Å². The van der Waals surface area contributed by atoms with Gasteiger partial charge in [-0.05, 0) is 23.6 Å². The van der Waals surface area contributed by atoms with E-state index in [4.69, 9.17) is 0 Å². The monoisotopic (exact) mass is 398 g/mol. The molecule has 1 fully saturated rings. The fourth-order valence-electron chi connectivity index (χ4n) is 3.81. The zero-order valence-corrected chi connectivity index (χ0v) is 16.2. The Balaban J connectivity index is 1.40. The second kappa shape index (κ2) is 6.68. The number of fused-ring (bicyclic) bond motifs is 3. The molecule has 0 saturated carbocycles. The minimum absolute atomic E-state index is 0.0463. The SMILES string of the molecule is Cn1c(=O)c2sccc2n2c(CN3CCN(c4ccccc4F)CC3)nnc12. The van der Waals surface area contributed by atoms with E-state index in [-0.39, 0.29) is 11.4 Å². The molecular formula is C19H19FN6OS. The number of aryl methyl sites for hydroxylation is 1. The summed E-state index contributed by atoms with van der Waals surface area (Å²) in [4.78, 5) is 16.8. The third-order valence-electron chi connectivity index (χ3n) is 5.33. The number of para-hydroxylation sites is 1. The molecule has 0 spiro atoms. The molecule has 28 heavy (non-hydrogen) atoms. The van der Waals surface area contributed by atoms with Crippen LogP contribution in [0.15, 0.2) is 40.5 Å². The molecule has 0 radical (unpaired) electrons. The van der Waals surface area contributed by atoms with Crippen molar-refractivity contribution in [2.45, 2.75) is 6.54 Å². The van der Waals surface area contributed by atoms with Gasteiger partial charge in [0.2, 0.25) is 5.78 Å². The van der Waals surface area contributed by atoms with E-state index in [1.807, 2.05) is 28.0 Å². The Morgan fingerprint density at radius 3 is 2.68 bits per heavy atom. The van der Waals surface area contributed by atoms with Crippen molar-refractivity contribution in [3.8, 4) is 0 Å². The Morgan fingerprint density at radius 1 is 1.11 bits per heavy atom. The minimum Gasteiger partial charge on any atom is -0.367 e. The first-order valence-electron chi connectivity index (χ1n) is 9.15. The number of rotatable bonds is 3. The van der Waals surface area contributed by atoms with Crippen molar-refractivity contribution >= 4 is 33.0 Å². The molecule has 0 amide bonds. The highest BCUT2D eigenvalue weighted by Crippen LogP contribution is 2.22. The molecule has 1 aliphatic rings. The molecule has 1 saturated heterocycles. The van der Waals surface area contributed by atoms with Gasteiger partial charge in [-0.1, -0.05) is 12.1 Å². The van der Waals surface area contributed by atoms with Gasteiger partial charge in [0.25, 0.3) is 5.56 Å². The number of aromatic nitrogens is 4. The fourth-order valence-corrected chi connectivity index (χ4v) is 4.66. The van der Waals surface area contributed by atoms with Crippen molar-refractivity contribution in [3.63, 3.8) is 0 Å². The standard InChI is InChI=1S/C19H19FN6OS/c1-23-18(27)17-15(6-11-28-17)26-16(21-22-19(23)26)12-24-7-9-25(10-8-24)14-5-3-2-4-13(14)20/h2-6,11H,7-10,12H2,1H3. The first-order valence-corrected chi connectivity index (χ1v) is 10.0. The van der Waals surface area contributed by atoms with E-state index < -0.39 is 0 Å². The van der Waals surface area contributed by atoms with E-state index in [2.05, 4.69) is 20.0 Å². The van der Waals surface area contributed by atoms with Gasteiger partial charge in [-0.15, -0.1) is 21.5 Å². The van der Waals surface area contributed by atoms with Gasteiger partial charge in [-0.3, -0.25) is 18.7 Å². The van der Waals surface area contributed by atoms with E-state index in [0.717, 1.165) is 37.5 Å². The number of benzene rings is 1. The Hall–Kier alpha value is -2.78. The molecular weight excluding hydrogens is 379 g/mol. The lowest BCUT2D eigenvalue weighted by molar-refractivity contribution is 0.243. The number of hydrogen-bond acceptors (Lipinski definition) is 6. The number of anilines is 1. The summed E-state index contributed by atoms with van der Waals surface area (Å²) in [6, 6.07) is 8.84. The predicted octanol–water partition coefficient (Wildman–Crippen LogP) is 2.10. The number of halogens is 1. The van der Waals surface area contributed by atoms with Crippen LogP contribution in [0, 0.1) is 5.82 Å². The fraction of sp³-hybridized carbons (Fsp3) is 0.316. The highest BCUT2D eigenvalue weighted by atomic mass is 32.1. The number of hydrogen-bond donors (Lipinski definition) is 0. The predicted molar refractivity (Wildman–Crippen MR) is 108 cm³/mol. The zero-order chi connectivity index (χ0) is 19.3. The van der Waals surface area contributed by atoms with E-state index in [1.165, 1.54) is 17.4 Å². The summed E-state index contributed by atoms with van der Waals surface area (Å²) in [7, 11) is 1.72. The van der Waals surface area contributed by atoms with Crippen molar-refractivity contribution in [2.75, 3.05) is 31.1 Å². The molecule has 0 unspecified atom stereocenters. The second-order valence-electron chi connectivity index (χ2n) is 6.97. The largest absolute Gasteiger partial charge is 0.367 e. The van der Waals surface area contributed by atoms with Gasteiger partial charge >= 0.3 is 0 Å². The minimum atomic E-state index is -0.180. The molecule has 9 heteroatoms. The molecule has 4 heterocycles. The van der Waals surface area contributed by atoms with Gasteiger partial charge in [0, 0.05) is 33.2 Å². The van der Waals surface area contributed by atoms with Crippen LogP contribution in [0.25, 0.3) is 16.0 Å². The summed E-state index contributed by atoms with van der Waals surface area (Å²) >= 11 is 1.43. The van der Waals surface area contributed by atoms with Crippen molar-refractivity contribution in [3.05, 3.63) is 57.7 Å². The van der Waals surface area contributed by atoms with Gasteiger partial charge < -0.3 is 4.90 Å². The van der Waals surface area contributed by atoms with Gasteiger partial charge in [0.05, 0.1) is 17.7 Å². The lowest BCUT2D eigenvalue weighted by atomic mass is 10.2. The highest BCUT2D eigenvalue weighted by molar-refractivity contribution is 7.17. The molecule has 3 aromatic heterocycles. The molecule has 0 aliphatic carbocycles. The van der Waals surface area contributed by atoms with E-state index in [0.29, 0.717) is 22.7 Å². The Kier molecular flexibility index (Phi) is 4.13. The topological polar surface area (TPSA) is 58.7 Å². The average molecular weight is 398 g/mol. The molecule has 1 aromatic carbocycles. The summed E-state index contributed by atoms with van der Waals surface area (Å²) in [6.45, 7) is 3.76. The molecule has 144 valence electrons. The van der Waals surface area contributed by atoms with Crippen LogP contribution < -0.4 is 10.5 Å². The number of nitrogens with zero attached hydrogens (tertiary/aromatic N) is 6. The maximum atomic E-state index is 14.0. The quantitative estimate of drug-likeness (QED) is 0.529. The third kappa shape index (κ3) is 2.70. The van der Waals surface area contributed by atoms with Gasteiger partial charge in [-0.2, -0.15) is 0 Å². The van der Waals surface area contributed by atoms with Crippen molar-refractivity contribution in [1.82, 2.24) is 24.1 Å². The smallest absolute Gasteiger partial charge is 0.272 e. The lowest BCUT2D eigenvalue weighted by Gasteiger charge is -2.35. The molecule has 0 bridgehead atoms. The van der Waals surface area contributed by atoms with Crippen molar-refractivity contribution in [1.29, 1.82) is 0 Å². The van der Waals surface area contributed by atoms with Crippen LogP contribution in [0.5, 0.6) is 0 Å². The second-order valence-corrected chi connectivity index (χ2v) is 7.88. The first kappa shape index (κ1) is 17.3. The van der Waals surface area contributed by atoms with Gasteiger partial charge in [0.15, 0.2) is 5.82 Å². The van der Waals surface area contributed by atoms with Gasteiger partial charge in [0.1, 0.15) is 10.5 Å². The lowest BCUT2D eigenvalue weighted by Crippen LogP contribution is -2.46. The zero-order valence-electron chi connectivity index (χ0n) is 15.4. The van der Waals surface area contributed by atoms with Crippen LogP contribution in [0.3, 0.4) is 0 Å². The molecule has 4 aromatic rings. The maximum absolute atomic E-state index is 14.0. The summed E-state index contributed by atoms with van der Waals surface area (Å²) < 4.78 is 18.3. The maximum Gasteiger partial charge on any atom is 0.272 e. The Labute approximate surface area is 164 Å². The van der Waals surface area contributed by atoms with Crippen LogP contribution in [0.2, 0.25) is 0 Å². The van der Waals surface area contributed by atoms with E-state index in [9.17, 15) is 9.18 Å². The third-order valence-corrected chi connectivity index (χ3v) is 6.22. The summed E-state index contributed by atoms with van der Waals surface area (Å²) in [6.07, 6.45) is 0. The summed E-state index contributed by atoms with van der Waals surface area (Å²) in [5.74, 6) is 1.18. The Bertz CT molecular complexity index is 1220. The normalized spacial score (nSPS) is 15.7. The van der Waals surface area contributed by atoms with Crippen LogP contribution in [-0.2, 0) is 13.6 Å². The molecule has 5 rings (SSSR count). The highest BCUT2D eigenvalue weighted by Gasteiger charge is 2.22. The average Bonchev–Trinajstić information content (AvgIpc) is 3.34. The summed E-state index contributed by atoms with van der Waals surface area (Å²) in [5.41, 5.74) is 1.47. The number of piperazine rings is 1. The van der Waals surface area contributed by atoms with E-state index >= 15 is 0 Å².